The molecule has 3 fully saturated rings. The fourth-order valence-electron chi connectivity index (χ4n) is 8.00. The van der Waals surface area contributed by atoms with Crippen molar-refractivity contribution in [3.63, 3.8) is 0 Å². The smallest absolute Gasteiger partial charge is 0.328 e. The van der Waals surface area contributed by atoms with Crippen molar-refractivity contribution in [2.45, 2.75) is 51.0 Å². The minimum Gasteiger partial charge on any atom is -0.503 e. The van der Waals surface area contributed by atoms with E-state index in [1.165, 1.54) is 5.56 Å². The first-order chi connectivity index (χ1) is 26.6. The number of benzene rings is 2. The average Bonchev–Trinajstić information content (AvgIpc) is 3.82. The quantitative estimate of drug-likeness (QED) is 0.166. The van der Waals surface area contributed by atoms with E-state index in [9.17, 15) is 32.7 Å². The molecule has 55 heavy (non-hydrogen) atoms. The van der Waals surface area contributed by atoms with Crippen LogP contribution in [-0.4, -0.2) is 93.1 Å². The summed E-state index contributed by atoms with van der Waals surface area (Å²) in [6, 6.07) is 10.8. The molecule has 1 saturated carbocycles. The molecule has 0 radical (unpaired) electrons. The van der Waals surface area contributed by atoms with Crippen molar-refractivity contribution in [1.29, 1.82) is 0 Å². The van der Waals surface area contributed by atoms with Gasteiger partial charge in [-0.3, -0.25) is 29.4 Å². The molecule has 0 unspecified atom stereocenters. The Hall–Kier alpha value is -5.64. The highest BCUT2D eigenvalue weighted by Gasteiger charge is 2.28. The fourth-order valence-corrected chi connectivity index (χ4v) is 8.00. The van der Waals surface area contributed by atoms with Crippen molar-refractivity contribution in [1.82, 2.24) is 34.9 Å². The number of rotatable bonds is 10. The maximum atomic E-state index is 14.1. The van der Waals surface area contributed by atoms with Gasteiger partial charge in [0.25, 0.3) is 5.91 Å². The second-order valence-electron chi connectivity index (χ2n) is 14.7. The van der Waals surface area contributed by atoms with Gasteiger partial charge >= 0.3 is 6.03 Å². The Kier molecular flexibility index (Phi) is 10.1. The van der Waals surface area contributed by atoms with Crippen molar-refractivity contribution in [3.8, 4) is 5.75 Å². The van der Waals surface area contributed by atoms with Gasteiger partial charge in [-0.15, -0.1) is 0 Å². The van der Waals surface area contributed by atoms with Crippen molar-refractivity contribution in [2.75, 3.05) is 55.6 Å². The molecule has 3 aromatic heterocycles. The molecule has 5 aromatic rings. The van der Waals surface area contributed by atoms with Gasteiger partial charge in [-0.05, 0) is 86.9 Å². The number of aromatic nitrogens is 4. The second-order valence-corrected chi connectivity index (χ2v) is 14.7. The van der Waals surface area contributed by atoms with Crippen LogP contribution < -0.4 is 20.4 Å². The molecule has 1 aliphatic carbocycles. The van der Waals surface area contributed by atoms with Crippen LogP contribution in [0.3, 0.4) is 0 Å². The minimum atomic E-state index is -1.78. The van der Waals surface area contributed by atoms with E-state index in [1.54, 1.807) is 15.6 Å². The number of imide groups is 1. The zero-order valence-corrected chi connectivity index (χ0v) is 30.2. The van der Waals surface area contributed by atoms with E-state index in [-0.39, 0.29) is 30.8 Å². The Morgan fingerprint density at radius 1 is 0.945 bits per heavy atom. The molecule has 0 bridgehead atoms. The van der Waals surface area contributed by atoms with E-state index >= 15 is 0 Å². The maximum Gasteiger partial charge on any atom is 0.328 e. The van der Waals surface area contributed by atoms with E-state index in [0.29, 0.717) is 18.3 Å². The van der Waals surface area contributed by atoms with Crippen LogP contribution in [0.4, 0.5) is 29.3 Å². The first-order valence-corrected chi connectivity index (χ1v) is 18.8. The van der Waals surface area contributed by atoms with Crippen LogP contribution in [0.5, 0.6) is 5.75 Å². The van der Waals surface area contributed by atoms with Crippen molar-refractivity contribution < 1.29 is 32.7 Å². The SMILES string of the molecule is O=C1CCN(c2cnn3cc(CCCN4CCN(c5ccc6cn(C7CCC(CNC(=O)c8cc(F)c(O)c(F)c8F)CC7)nc6c5)CC4)ccc23)C(=O)N1. The summed E-state index contributed by atoms with van der Waals surface area (Å²) in [5, 5.41) is 24.7. The predicted octanol–water partition coefficient (Wildman–Crippen LogP) is 5.17. The third-order valence-corrected chi connectivity index (χ3v) is 11.2. The van der Waals surface area contributed by atoms with Gasteiger partial charge in [-0.25, -0.2) is 18.1 Å². The number of piperazine rings is 1. The van der Waals surface area contributed by atoms with E-state index in [2.05, 4.69) is 56.0 Å². The highest BCUT2D eigenvalue weighted by molar-refractivity contribution is 6.07. The zero-order chi connectivity index (χ0) is 38.2. The summed E-state index contributed by atoms with van der Waals surface area (Å²) in [4.78, 5) is 42.8. The van der Waals surface area contributed by atoms with Gasteiger partial charge < -0.3 is 15.3 Å². The topological polar surface area (TPSA) is 140 Å². The number of amides is 4. The van der Waals surface area contributed by atoms with E-state index in [4.69, 9.17) is 5.10 Å². The summed E-state index contributed by atoms with van der Waals surface area (Å²) in [5.41, 5.74) is 4.02. The van der Waals surface area contributed by atoms with E-state index in [0.717, 1.165) is 93.4 Å². The third-order valence-electron chi connectivity index (χ3n) is 11.2. The van der Waals surface area contributed by atoms with Crippen LogP contribution in [0.25, 0.3) is 16.4 Å². The van der Waals surface area contributed by atoms with E-state index in [1.807, 2.05) is 16.9 Å². The lowest BCUT2D eigenvalue weighted by Crippen LogP contribution is -2.49. The summed E-state index contributed by atoms with van der Waals surface area (Å²) in [7, 11) is 0. The molecule has 3 aliphatic rings. The Balaban J connectivity index is 0.785. The Morgan fingerprint density at radius 2 is 1.75 bits per heavy atom. The van der Waals surface area contributed by atoms with Gasteiger partial charge in [0, 0.05) is 69.2 Å². The lowest BCUT2D eigenvalue weighted by Gasteiger charge is -2.36. The number of fused-ring (bicyclic) bond motifs is 2. The largest absolute Gasteiger partial charge is 0.503 e. The Bertz CT molecular complexity index is 2260. The van der Waals surface area contributed by atoms with Crippen LogP contribution in [0, 0.1) is 23.4 Å². The van der Waals surface area contributed by atoms with Crippen LogP contribution in [0.15, 0.2) is 55.0 Å². The van der Waals surface area contributed by atoms with Crippen molar-refractivity contribution >= 4 is 45.6 Å². The van der Waals surface area contributed by atoms with Gasteiger partial charge in [0.1, 0.15) is 0 Å². The van der Waals surface area contributed by atoms with Gasteiger partial charge in [-0.2, -0.15) is 14.6 Å². The summed E-state index contributed by atoms with van der Waals surface area (Å²) in [6.45, 7) is 5.37. The number of aromatic hydroxyl groups is 1. The molecule has 2 aliphatic heterocycles. The van der Waals surface area contributed by atoms with Gasteiger partial charge in [0.15, 0.2) is 17.4 Å². The molecule has 4 amide bonds. The molecule has 3 N–H and O–H groups in total. The Morgan fingerprint density at radius 3 is 2.53 bits per heavy atom. The zero-order valence-electron chi connectivity index (χ0n) is 30.2. The standard InChI is InChI=1S/C39H42F3N9O4/c40-30-19-29(35(41)36(42)37(30)53)38(54)43-20-24-3-7-27(8-4-24)50-23-26-6-9-28(18-31(26)46-50)48-16-14-47(15-17-48)12-1-2-25-5-10-32-33(21-44-51(32)22-25)49-13-11-34(52)45-39(49)55/h5-6,9-10,18-19,21-24,27,53H,1-4,7-8,11-17,20H2,(H,43,54)(H,45,52,55). The monoisotopic (exact) mass is 757 g/mol. The Labute approximate surface area is 314 Å². The van der Waals surface area contributed by atoms with Crippen LogP contribution >= 0.6 is 0 Å². The number of nitrogens with one attached hydrogen (secondary N) is 2. The number of nitrogens with zero attached hydrogens (tertiary/aromatic N) is 7. The second kappa shape index (κ2) is 15.2. The van der Waals surface area contributed by atoms with Crippen molar-refractivity contribution in [3.05, 3.63) is 83.6 Å². The average molecular weight is 758 g/mol. The molecule has 2 saturated heterocycles. The first kappa shape index (κ1) is 36.3. The molecule has 2 aromatic carbocycles. The highest BCUT2D eigenvalue weighted by atomic mass is 19.2. The number of halogens is 3. The van der Waals surface area contributed by atoms with Gasteiger partial charge in [-0.1, -0.05) is 6.07 Å². The molecule has 288 valence electrons. The number of phenolic OH excluding ortho intramolecular Hbond substituents is 1. The summed E-state index contributed by atoms with van der Waals surface area (Å²) < 4.78 is 45.3. The number of hydrogen-bond acceptors (Lipinski definition) is 8. The first-order valence-electron chi connectivity index (χ1n) is 18.8. The molecule has 0 spiro atoms. The molecule has 5 heterocycles. The predicted molar refractivity (Wildman–Crippen MR) is 199 cm³/mol. The molecule has 0 atom stereocenters. The summed E-state index contributed by atoms with van der Waals surface area (Å²) in [5.74, 6) is -7.22. The number of phenols is 1. The lowest BCUT2D eigenvalue weighted by atomic mass is 9.86. The molecular formula is C39H42F3N9O4. The fraction of sp³-hybridized carbons (Fsp3) is 0.410. The number of carbonyl (C=O) groups excluding carboxylic acids is 3. The number of carbonyl (C=O) groups is 3. The highest BCUT2D eigenvalue weighted by Crippen LogP contribution is 2.34. The van der Waals surface area contributed by atoms with Gasteiger partial charge in [0.2, 0.25) is 11.7 Å². The minimum absolute atomic E-state index is 0.136. The molecule has 8 rings (SSSR count). The number of urea groups is 1. The number of hydrogen-bond donors (Lipinski definition) is 3. The lowest BCUT2D eigenvalue weighted by molar-refractivity contribution is -0.120. The van der Waals surface area contributed by atoms with Gasteiger partial charge in [0.05, 0.1) is 34.5 Å². The number of pyridine rings is 1. The number of aryl methyl sites for hydroxylation is 1. The van der Waals surface area contributed by atoms with Crippen LogP contribution in [0.1, 0.15) is 60.5 Å². The normalized spacial score (nSPS) is 19.7. The summed E-state index contributed by atoms with van der Waals surface area (Å²) in [6.07, 6.45) is 11.3. The van der Waals surface area contributed by atoms with Crippen LogP contribution in [-0.2, 0) is 11.2 Å². The molecule has 16 heteroatoms. The number of anilines is 2. The van der Waals surface area contributed by atoms with Crippen molar-refractivity contribution in [2.24, 2.45) is 5.92 Å². The van der Waals surface area contributed by atoms with Crippen LogP contribution in [0.2, 0.25) is 0 Å². The van der Waals surface area contributed by atoms with E-state index < -0.39 is 40.7 Å². The maximum absolute atomic E-state index is 14.1. The molecular weight excluding hydrogens is 715 g/mol. The molecule has 13 nitrogen and oxygen atoms in total. The summed E-state index contributed by atoms with van der Waals surface area (Å²) >= 11 is 0. The third kappa shape index (κ3) is 7.55.